The van der Waals surface area contributed by atoms with Gasteiger partial charge in [0.25, 0.3) is 11.8 Å². The van der Waals surface area contributed by atoms with Gasteiger partial charge in [-0.1, -0.05) is 37.8 Å². The Balaban J connectivity index is 1.81. The van der Waals surface area contributed by atoms with Crippen LogP contribution in [0.1, 0.15) is 23.2 Å². The number of aromatic nitrogens is 1. The first kappa shape index (κ1) is 20.7. The second-order valence-corrected chi connectivity index (χ2v) is 14.2. The molecule has 6 nitrogen and oxygen atoms in total. The molecule has 1 saturated carbocycles. The smallest absolute Gasteiger partial charge is 0.258 e. The number of rotatable bonds is 7. The van der Waals surface area contributed by atoms with E-state index in [9.17, 15) is 14.9 Å². The van der Waals surface area contributed by atoms with E-state index >= 15 is 0 Å². The van der Waals surface area contributed by atoms with Crippen LogP contribution in [0.5, 0.6) is 0 Å². The maximum absolute atomic E-state index is 13.0. The predicted molar refractivity (Wildman–Crippen MR) is 115 cm³/mol. The molecule has 0 aliphatic heterocycles. The summed E-state index contributed by atoms with van der Waals surface area (Å²) in [6.45, 7) is 6.45. The molecule has 7 heteroatoms. The van der Waals surface area contributed by atoms with E-state index < -0.39 is 14.1 Å². The van der Waals surface area contributed by atoms with E-state index in [0.29, 0.717) is 11.6 Å². The molecule has 1 atom stereocenters. The molecule has 1 unspecified atom stereocenters. The van der Waals surface area contributed by atoms with Gasteiger partial charge in [-0.05, 0) is 42.6 Å². The van der Waals surface area contributed by atoms with Crippen LogP contribution < -0.4 is 5.32 Å². The molecular formula is C22H26N4O2Si. The summed E-state index contributed by atoms with van der Waals surface area (Å²) in [5, 5.41) is 12.3. The van der Waals surface area contributed by atoms with E-state index in [1.165, 1.54) is 4.90 Å². The lowest BCUT2D eigenvalue weighted by atomic mass is 10.0. The van der Waals surface area contributed by atoms with Crippen molar-refractivity contribution in [1.82, 2.24) is 15.2 Å². The Hall–Kier alpha value is -2.98. The van der Waals surface area contributed by atoms with Gasteiger partial charge in [-0.15, -0.1) is 0 Å². The maximum atomic E-state index is 13.0. The third kappa shape index (κ3) is 5.52. The molecule has 1 aliphatic rings. The fraction of sp³-hybridized carbons (Fsp3) is 0.364. The average Bonchev–Trinajstić information content (AvgIpc) is 3.53. The molecule has 1 fully saturated rings. The lowest BCUT2D eigenvalue weighted by molar-refractivity contribution is -0.130. The zero-order valence-electron chi connectivity index (χ0n) is 17.1. The van der Waals surface area contributed by atoms with E-state index in [-0.39, 0.29) is 17.9 Å². The maximum Gasteiger partial charge on any atom is 0.258 e. The summed E-state index contributed by atoms with van der Waals surface area (Å²) < 4.78 is 0. The molecule has 2 amide bonds. The molecule has 150 valence electrons. The molecule has 1 aromatic heterocycles. The SMILES string of the molecule is C[Si](C)(C)CC(NC(=O)c1cccc(-c2cccnc2)c1)C(=O)N(C#N)C1CC1. The number of pyridine rings is 1. The van der Waals surface area contributed by atoms with Gasteiger partial charge in [-0.3, -0.25) is 14.6 Å². The van der Waals surface area contributed by atoms with E-state index in [0.717, 1.165) is 24.0 Å². The molecule has 0 spiro atoms. The van der Waals surface area contributed by atoms with Crippen molar-refractivity contribution < 1.29 is 9.59 Å². The van der Waals surface area contributed by atoms with Crippen molar-refractivity contribution >= 4 is 19.9 Å². The Bertz CT molecular complexity index is 930. The number of hydrogen-bond acceptors (Lipinski definition) is 4. The highest BCUT2D eigenvalue weighted by Gasteiger charge is 2.38. The minimum atomic E-state index is -1.67. The molecule has 1 heterocycles. The van der Waals surface area contributed by atoms with Crippen LogP contribution in [0.4, 0.5) is 0 Å². The van der Waals surface area contributed by atoms with Crippen molar-refractivity contribution in [2.75, 3.05) is 0 Å². The first-order chi connectivity index (χ1) is 13.8. The highest BCUT2D eigenvalue weighted by Crippen LogP contribution is 2.28. The van der Waals surface area contributed by atoms with Crippen molar-refractivity contribution in [1.29, 1.82) is 5.26 Å². The second kappa shape index (κ2) is 8.58. The summed E-state index contributed by atoms with van der Waals surface area (Å²) >= 11 is 0. The molecule has 29 heavy (non-hydrogen) atoms. The van der Waals surface area contributed by atoms with Gasteiger partial charge in [0.05, 0.1) is 0 Å². The highest BCUT2D eigenvalue weighted by molar-refractivity contribution is 6.76. The normalized spacial score (nSPS) is 14.6. The van der Waals surface area contributed by atoms with Crippen LogP contribution in [0.2, 0.25) is 25.7 Å². The third-order valence-electron chi connectivity index (χ3n) is 4.80. The number of carbonyl (C=O) groups is 2. The lowest BCUT2D eigenvalue weighted by Gasteiger charge is -2.27. The highest BCUT2D eigenvalue weighted by atomic mass is 28.3. The standard InChI is InChI=1S/C22H26N4O2Si/c1-29(2,3)14-20(22(28)26(15-23)19-9-10-19)25-21(27)17-7-4-6-16(12-17)18-8-5-11-24-13-18/h4-8,11-13,19-20H,9-10,14H2,1-3H3,(H,25,27). The second-order valence-electron chi connectivity index (χ2n) is 8.65. The summed E-state index contributed by atoms with van der Waals surface area (Å²) in [4.78, 5) is 31.3. The van der Waals surface area contributed by atoms with Gasteiger partial charge < -0.3 is 5.32 Å². The lowest BCUT2D eigenvalue weighted by Crippen LogP contribution is -2.50. The minimum Gasteiger partial charge on any atom is -0.340 e. The van der Waals surface area contributed by atoms with Gasteiger partial charge in [0, 0.05) is 37.6 Å². The van der Waals surface area contributed by atoms with Crippen LogP contribution in [0.15, 0.2) is 48.8 Å². The van der Waals surface area contributed by atoms with Crippen LogP contribution in [-0.2, 0) is 4.79 Å². The number of amides is 2. The molecule has 1 aromatic carbocycles. The topological polar surface area (TPSA) is 86.1 Å². The van der Waals surface area contributed by atoms with Crippen LogP contribution in [0, 0.1) is 11.5 Å². The number of nitrogens with one attached hydrogen (secondary N) is 1. The van der Waals surface area contributed by atoms with Gasteiger partial charge in [0.15, 0.2) is 6.19 Å². The van der Waals surface area contributed by atoms with Crippen molar-refractivity contribution in [2.45, 2.75) is 50.6 Å². The van der Waals surface area contributed by atoms with Crippen molar-refractivity contribution in [3.63, 3.8) is 0 Å². The molecule has 2 aromatic rings. The largest absolute Gasteiger partial charge is 0.340 e. The molecular weight excluding hydrogens is 380 g/mol. The molecule has 1 aliphatic carbocycles. The van der Waals surface area contributed by atoms with E-state index in [1.54, 1.807) is 24.5 Å². The van der Waals surface area contributed by atoms with Gasteiger partial charge in [-0.2, -0.15) is 5.26 Å². The first-order valence-electron chi connectivity index (χ1n) is 9.82. The Morgan fingerprint density at radius 2 is 1.97 bits per heavy atom. The monoisotopic (exact) mass is 406 g/mol. The number of carbonyl (C=O) groups excluding carboxylic acids is 2. The van der Waals surface area contributed by atoms with E-state index in [1.807, 2.05) is 30.5 Å². The third-order valence-corrected chi connectivity index (χ3v) is 6.43. The number of nitriles is 1. The predicted octanol–water partition coefficient (Wildman–Crippen LogP) is 3.66. The fourth-order valence-electron chi connectivity index (χ4n) is 3.24. The fourth-order valence-corrected chi connectivity index (χ4v) is 4.74. The first-order valence-corrected chi connectivity index (χ1v) is 13.5. The Kier molecular flexibility index (Phi) is 6.14. The van der Waals surface area contributed by atoms with Crippen LogP contribution in [-0.4, -0.2) is 41.9 Å². The quantitative estimate of drug-likeness (QED) is 0.432. The zero-order valence-corrected chi connectivity index (χ0v) is 18.1. The zero-order chi connectivity index (χ0) is 21.0. The molecule has 1 N–H and O–H groups in total. The number of benzene rings is 1. The van der Waals surface area contributed by atoms with Gasteiger partial charge in [-0.25, -0.2) is 4.90 Å². The van der Waals surface area contributed by atoms with Crippen LogP contribution in [0.25, 0.3) is 11.1 Å². The van der Waals surface area contributed by atoms with Crippen molar-refractivity contribution in [3.8, 4) is 17.3 Å². The van der Waals surface area contributed by atoms with E-state index in [4.69, 9.17) is 0 Å². The molecule has 0 bridgehead atoms. The van der Waals surface area contributed by atoms with Crippen molar-refractivity contribution in [2.24, 2.45) is 0 Å². The molecule has 0 radical (unpaired) electrons. The molecule has 3 rings (SSSR count). The van der Waals surface area contributed by atoms with Gasteiger partial charge in [0.2, 0.25) is 0 Å². The Labute approximate surface area is 172 Å². The van der Waals surface area contributed by atoms with Gasteiger partial charge >= 0.3 is 0 Å². The summed E-state index contributed by atoms with van der Waals surface area (Å²) in [5.74, 6) is -0.602. The number of nitrogens with zero attached hydrogens (tertiary/aromatic N) is 3. The van der Waals surface area contributed by atoms with E-state index in [2.05, 4.69) is 29.9 Å². The Morgan fingerprint density at radius 3 is 2.55 bits per heavy atom. The van der Waals surface area contributed by atoms with Crippen LogP contribution in [0.3, 0.4) is 0 Å². The molecule has 0 saturated heterocycles. The van der Waals surface area contributed by atoms with Gasteiger partial charge in [0.1, 0.15) is 6.04 Å². The van der Waals surface area contributed by atoms with Crippen LogP contribution >= 0.6 is 0 Å². The van der Waals surface area contributed by atoms with Crippen molar-refractivity contribution in [3.05, 3.63) is 54.4 Å². The summed E-state index contributed by atoms with van der Waals surface area (Å²) in [5.41, 5.74) is 2.28. The Morgan fingerprint density at radius 1 is 1.24 bits per heavy atom. The summed E-state index contributed by atoms with van der Waals surface area (Å²) in [6, 6.07) is 10.9. The summed E-state index contributed by atoms with van der Waals surface area (Å²) in [7, 11) is -1.67. The average molecular weight is 407 g/mol. The number of hydrogen-bond donors (Lipinski definition) is 1. The summed E-state index contributed by atoms with van der Waals surface area (Å²) in [6.07, 6.45) is 7.16. The minimum absolute atomic E-state index is 0.0116.